The number of hydrogen-bond donors (Lipinski definition) is 1. The lowest BCUT2D eigenvalue weighted by Gasteiger charge is -2.58. The predicted molar refractivity (Wildman–Crippen MR) is 115 cm³/mol. The van der Waals surface area contributed by atoms with Gasteiger partial charge >= 0.3 is 11.9 Å². The second-order valence-electron chi connectivity index (χ2n) is 10.2. The van der Waals surface area contributed by atoms with Gasteiger partial charge in [-0.05, 0) is 43.9 Å². The van der Waals surface area contributed by atoms with Crippen molar-refractivity contribution in [2.75, 3.05) is 6.61 Å². The van der Waals surface area contributed by atoms with Gasteiger partial charge in [-0.2, -0.15) is 0 Å². The molecule has 0 bridgehead atoms. The highest BCUT2D eigenvalue weighted by atomic mass is 16.6. The molecule has 0 aromatic rings. The van der Waals surface area contributed by atoms with Crippen LogP contribution in [0.15, 0.2) is 0 Å². The average Bonchev–Trinajstić information content (AvgIpc) is 2.99. The number of aliphatic hydroxyl groups excluding tert-OH is 1. The predicted octanol–water partition coefficient (Wildman–Crippen LogP) is 2.62. The molecule has 3 saturated carbocycles. The molecule has 0 aliphatic heterocycles. The Kier molecular flexibility index (Phi) is 6.59. The fourth-order valence-corrected chi connectivity index (χ4v) is 7.26. The summed E-state index contributed by atoms with van der Waals surface area (Å²) in [5.74, 6) is 0.847. The van der Waals surface area contributed by atoms with E-state index in [4.69, 9.17) is 15.9 Å². The molecule has 0 spiro atoms. The third-order valence-electron chi connectivity index (χ3n) is 8.62. The maximum atomic E-state index is 13.3. The minimum Gasteiger partial charge on any atom is -0.458 e. The fourth-order valence-electron chi connectivity index (χ4n) is 7.26. The summed E-state index contributed by atoms with van der Waals surface area (Å²) in [6.45, 7) is 5.81. The topological polar surface area (TPSA) is 107 Å². The first kappa shape index (κ1) is 24.4. The van der Waals surface area contributed by atoms with Gasteiger partial charge in [-0.1, -0.05) is 13.8 Å². The van der Waals surface area contributed by atoms with Gasteiger partial charge in [0, 0.05) is 43.4 Å². The van der Waals surface area contributed by atoms with Gasteiger partial charge in [-0.15, -0.1) is 12.3 Å². The molecule has 0 saturated heterocycles. The van der Waals surface area contributed by atoms with Gasteiger partial charge < -0.3 is 14.6 Å². The number of carbonyl (C=O) groups excluding carboxylic acids is 4. The fraction of sp³-hybridized carbons (Fsp3) is 0.760. The van der Waals surface area contributed by atoms with E-state index in [9.17, 15) is 24.3 Å². The van der Waals surface area contributed by atoms with Crippen molar-refractivity contribution in [2.45, 2.75) is 84.3 Å². The maximum absolute atomic E-state index is 13.3. The monoisotopic (exact) mass is 446 g/mol. The highest BCUT2D eigenvalue weighted by Crippen LogP contribution is 2.66. The second-order valence-corrected chi connectivity index (χ2v) is 10.2. The third kappa shape index (κ3) is 3.67. The van der Waals surface area contributed by atoms with Crippen LogP contribution in [0, 0.1) is 40.9 Å². The Morgan fingerprint density at radius 1 is 1.19 bits per heavy atom. The quantitative estimate of drug-likeness (QED) is 0.494. The molecular weight excluding hydrogens is 412 g/mol. The largest absolute Gasteiger partial charge is 0.458 e. The molecule has 0 amide bonds. The number of terminal acetylenes is 1. The van der Waals surface area contributed by atoms with E-state index in [1.54, 1.807) is 0 Å². The first-order chi connectivity index (χ1) is 14.9. The Labute approximate surface area is 189 Å². The molecule has 7 nitrogen and oxygen atoms in total. The molecule has 0 heterocycles. The van der Waals surface area contributed by atoms with Crippen molar-refractivity contribution in [1.29, 1.82) is 0 Å². The third-order valence-corrected chi connectivity index (χ3v) is 8.62. The highest BCUT2D eigenvalue weighted by molar-refractivity contribution is 5.93. The van der Waals surface area contributed by atoms with Crippen molar-refractivity contribution in [1.82, 2.24) is 0 Å². The van der Waals surface area contributed by atoms with Gasteiger partial charge in [-0.25, -0.2) is 0 Å². The molecule has 0 unspecified atom stereocenters. The molecule has 7 heteroatoms. The summed E-state index contributed by atoms with van der Waals surface area (Å²) in [7, 11) is 0. The Morgan fingerprint density at radius 3 is 2.47 bits per heavy atom. The zero-order chi connectivity index (χ0) is 23.9. The van der Waals surface area contributed by atoms with Crippen LogP contribution in [0.1, 0.15) is 72.6 Å². The summed E-state index contributed by atoms with van der Waals surface area (Å²) in [4.78, 5) is 49.7. The van der Waals surface area contributed by atoms with Crippen molar-refractivity contribution >= 4 is 23.5 Å². The zero-order valence-electron chi connectivity index (χ0n) is 19.4. The van der Waals surface area contributed by atoms with E-state index in [1.165, 1.54) is 13.8 Å². The first-order valence-electron chi connectivity index (χ1n) is 11.4. The summed E-state index contributed by atoms with van der Waals surface area (Å²) in [5.41, 5.74) is -3.02. The molecule has 176 valence electrons. The summed E-state index contributed by atoms with van der Waals surface area (Å²) in [5, 5.41) is 11.4. The summed E-state index contributed by atoms with van der Waals surface area (Å²) < 4.78 is 10.7. The molecule has 3 fully saturated rings. The van der Waals surface area contributed by atoms with E-state index in [0.717, 1.165) is 0 Å². The van der Waals surface area contributed by atoms with E-state index in [1.807, 2.05) is 13.8 Å². The summed E-state index contributed by atoms with van der Waals surface area (Å²) >= 11 is 0. The number of rotatable bonds is 6. The standard InChI is InChI=1S/C25H34O7/c1-6-7-11-23(4)20(29)9-8-17-18-10-12-25(32-16(3)27,21(30)14-31-15(2)26)24(18,5)13-19(28)22(17)23/h1,17-19,22,28H,7-14H2,2-5H3/t17-,18-,19-,22+,23-,24-,25-/m0/s1. The van der Waals surface area contributed by atoms with Crippen LogP contribution in [0.3, 0.4) is 0 Å². The van der Waals surface area contributed by atoms with E-state index in [-0.39, 0.29) is 30.0 Å². The van der Waals surface area contributed by atoms with Gasteiger partial charge in [0.1, 0.15) is 5.78 Å². The molecule has 0 radical (unpaired) electrons. The summed E-state index contributed by atoms with van der Waals surface area (Å²) in [6, 6.07) is 0. The molecule has 32 heavy (non-hydrogen) atoms. The van der Waals surface area contributed by atoms with Crippen LogP contribution >= 0.6 is 0 Å². The van der Waals surface area contributed by atoms with Gasteiger partial charge in [0.15, 0.2) is 12.2 Å². The first-order valence-corrected chi connectivity index (χ1v) is 11.4. The molecule has 3 aliphatic rings. The van der Waals surface area contributed by atoms with Crippen molar-refractivity contribution < 1.29 is 33.8 Å². The average molecular weight is 447 g/mol. The highest BCUT2D eigenvalue weighted by Gasteiger charge is 2.70. The Morgan fingerprint density at radius 2 is 1.88 bits per heavy atom. The Bertz CT molecular complexity index is 857. The van der Waals surface area contributed by atoms with Crippen molar-refractivity contribution in [3.05, 3.63) is 0 Å². The second kappa shape index (κ2) is 8.62. The Balaban J connectivity index is 2.01. The van der Waals surface area contributed by atoms with Gasteiger partial charge in [-0.3, -0.25) is 19.2 Å². The number of hydrogen-bond acceptors (Lipinski definition) is 7. The molecule has 0 aromatic heterocycles. The van der Waals surface area contributed by atoms with E-state index >= 15 is 0 Å². The van der Waals surface area contributed by atoms with Gasteiger partial charge in [0.05, 0.1) is 6.10 Å². The molecule has 7 atom stereocenters. The van der Waals surface area contributed by atoms with E-state index in [0.29, 0.717) is 38.5 Å². The minimum atomic E-state index is -1.47. The van der Waals surface area contributed by atoms with Crippen LogP contribution in [0.5, 0.6) is 0 Å². The van der Waals surface area contributed by atoms with Crippen LogP contribution in [0.2, 0.25) is 0 Å². The SMILES string of the molecule is C#CCC[C@@]1(C)C(=O)CC[C@@H]2[C@@H]1[C@@H](O)C[C@@]1(C)[C@H]2CC[C@]1(OC(C)=O)C(=O)COC(C)=O. The van der Waals surface area contributed by atoms with E-state index < -0.39 is 46.9 Å². The normalized spacial score (nSPS) is 40.6. The van der Waals surface area contributed by atoms with Crippen LogP contribution in [-0.4, -0.2) is 46.9 Å². The number of carbonyl (C=O) groups is 4. The molecule has 3 aliphatic carbocycles. The van der Waals surface area contributed by atoms with Crippen molar-refractivity contribution in [3.8, 4) is 12.3 Å². The number of esters is 2. The van der Waals surface area contributed by atoms with Gasteiger partial charge in [0.2, 0.25) is 5.78 Å². The maximum Gasteiger partial charge on any atom is 0.303 e. The van der Waals surface area contributed by atoms with Crippen LogP contribution < -0.4 is 0 Å². The van der Waals surface area contributed by atoms with Crippen LogP contribution in [0.4, 0.5) is 0 Å². The lowest BCUT2D eigenvalue weighted by Crippen LogP contribution is -2.63. The lowest BCUT2D eigenvalue weighted by atomic mass is 9.46. The Hall–Kier alpha value is -2.20. The lowest BCUT2D eigenvalue weighted by molar-refractivity contribution is -0.204. The molecule has 1 N–H and O–H groups in total. The summed E-state index contributed by atoms with van der Waals surface area (Å²) in [6.07, 6.45) is 7.79. The van der Waals surface area contributed by atoms with Crippen LogP contribution in [0.25, 0.3) is 0 Å². The number of aliphatic hydroxyl groups is 1. The van der Waals surface area contributed by atoms with Gasteiger partial charge in [0.25, 0.3) is 0 Å². The smallest absolute Gasteiger partial charge is 0.303 e. The molecular formula is C25H34O7. The van der Waals surface area contributed by atoms with Crippen molar-refractivity contribution in [3.63, 3.8) is 0 Å². The number of Topliss-reactive ketones (excluding diaryl/α,β-unsaturated/α-hetero) is 2. The van der Waals surface area contributed by atoms with Crippen molar-refractivity contribution in [2.24, 2.45) is 28.6 Å². The van der Waals surface area contributed by atoms with Crippen LogP contribution in [-0.2, 0) is 28.7 Å². The number of ketones is 2. The molecule has 3 rings (SSSR count). The number of fused-ring (bicyclic) bond motifs is 3. The molecule has 0 aromatic carbocycles. The van der Waals surface area contributed by atoms with E-state index in [2.05, 4.69) is 5.92 Å². The minimum absolute atomic E-state index is 0.00295. The zero-order valence-corrected chi connectivity index (χ0v) is 19.4. The number of ether oxygens (including phenoxy) is 2.